The smallest absolute Gasteiger partial charge is 0.320 e. The minimum Gasteiger partial charge on any atom is -0.465 e. The molecule has 0 aliphatic carbocycles. The van der Waals surface area contributed by atoms with Crippen molar-refractivity contribution >= 4 is 17.7 Å². The zero-order valence-corrected chi connectivity index (χ0v) is 14.2. The first kappa shape index (κ1) is 18.4. The van der Waals surface area contributed by atoms with Gasteiger partial charge in [-0.25, -0.2) is 0 Å². The number of benzene rings is 1. The molecule has 25 heavy (non-hydrogen) atoms. The molecule has 0 N–H and O–H groups in total. The lowest BCUT2D eigenvalue weighted by molar-refractivity contribution is -0.161. The lowest BCUT2D eigenvalue weighted by atomic mass is 9.97. The van der Waals surface area contributed by atoms with Crippen molar-refractivity contribution in [1.29, 1.82) is 0 Å². The minimum absolute atomic E-state index is 0.146. The Labute approximate surface area is 145 Å². The largest absolute Gasteiger partial charge is 0.465 e. The number of esters is 2. The summed E-state index contributed by atoms with van der Waals surface area (Å²) in [6, 6.07) is 9.89. The summed E-state index contributed by atoms with van der Waals surface area (Å²) >= 11 is 0. The Kier molecular flexibility index (Phi) is 6.51. The fourth-order valence-corrected chi connectivity index (χ4v) is 2.33. The molecule has 6 nitrogen and oxygen atoms in total. The first-order valence-electron chi connectivity index (χ1n) is 8.07. The molecule has 1 heterocycles. The van der Waals surface area contributed by atoms with Crippen molar-refractivity contribution in [1.82, 2.24) is 0 Å². The van der Waals surface area contributed by atoms with Gasteiger partial charge in [0.05, 0.1) is 19.5 Å². The van der Waals surface area contributed by atoms with E-state index in [1.165, 1.54) is 6.26 Å². The number of ether oxygens (including phenoxy) is 2. The van der Waals surface area contributed by atoms with Crippen LogP contribution in [0.1, 0.15) is 35.5 Å². The Hall–Kier alpha value is -2.89. The SMILES string of the molecule is CCOC(=O)C(Cc1ccc(C(=O)c2ccco2)cc1)C(=O)OCC. The lowest BCUT2D eigenvalue weighted by Gasteiger charge is -2.14. The van der Waals surface area contributed by atoms with Gasteiger partial charge in [0, 0.05) is 5.56 Å². The summed E-state index contributed by atoms with van der Waals surface area (Å²) in [5.41, 5.74) is 1.18. The molecule has 2 rings (SSSR count). The Morgan fingerprint density at radius 2 is 1.56 bits per heavy atom. The van der Waals surface area contributed by atoms with E-state index in [1.54, 1.807) is 50.2 Å². The molecule has 0 bridgehead atoms. The second kappa shape index (κ2) is 8.82. The van der Waals surface area contributed by atoms with Gasteiger partial charge in [0.25, 0.3) is 0 Å². The number of furan rings is 1. The van der Waals surface area contributed by atoms with Crippen LogP contribution in [0.25, 0.3) is 0 Å². The van der Waals surface area contributed by atoms with Crippen LogP contribution in [0.4, 0.5) is 0 Å². The zero-order chi connectivity index (χ0) is 18.2. The molecule has 0 spiro atoms. The summed E-state index contributed by atoms with van der Waals surface area (Å²) in [6.45, 7) is 3.72. The number of rotatable bonds is 8. The molecule has 0 radical (unpaired) electrons. The highest BCUT2D eigenvalue weighted by atomic mass is 16.6. The summed E-state index contributed by atoms with van der Waals surface area (Å²) in [7, 11) is 0. The van der Waals surface area contributed by atoms with Crippen molar-refractivity contribution < 1.29 is 28.3 Å². The molecule has 0 saturated heterocycles. The number of ketones is 1. The van der Waals surface area contributed by atoms with Gasteiger partial charge in [-0.2, -0.15) is 0 Å². The number of hydrogen-bond acceptors (Lipinski definition) is 6. The lowest BCUT2D eigenvalue weighted by Crippen LogP contribution is -2.30. The topological polar surface area (TPSA) is 82.8 Å². The first-order chi connectivity index (χ1) is 12.1. The molecule has 132 valence electrons. The number of hydrogen-bond donors (Lipinski definition) is 0. The van der Waals surface area contributed by atoms with E-state index < -0.39 is 17.9 Å². The van der Waals surface area contributed by atoms with E-state index in [-0.39, 0.29) is 31.2 Å². The Morgan fingerprint density at radius 1 is 0.960 bits per heavy atom. The van der Waals surface area contributed by atoms with E-state index in [1.807, 2.05) is 0 Å². The molecule has 0 saturated carbocycles. The summed E-state index contributed by atoms with van der Waals surface area (Å²) in [5, 5.41) is 0. The van der Waals surface area contributed by atoms with E-state index in [4.69, 9.17) is 13.9 Å². The van der Waals surface area contributed by atoms with Crippen molar-refractivity contribution in [3.63, 3.8) is 0 Å². The molecule has 0 unspecified atom stereocenters. The highest BCUT2D eigenvalue weighted by molar-refractivity contribution is 6.07. The fourth-order valence-electron chi connectivity index (χ4n) is 2.33. The highest BCUT2D eigenvalue weighted by Crippen LogP contribution is 2.16. The van der Waals surface area contributed by atoms with Crippen LogP contribution in [-0.2, 0) is 25.5 Å². The van der Waals surface area contributed by atoms with Crippen LogP contribution in [0.15, 0.2) is 47.1 Å². The van der Waals surface area contributed by atoms with E-state index in [0.29, 0.717) is 5.56 Å². The van der Waals surface area contributed by atoms with Crippen LogP contribution in [0.2, 0.25) is 0 Å². The van der Waals surface area contributed by atoms with Gasteiger partial charge in [-0.15, -0.1) is 0 Å². The molecule has 0 fully saturated rings. The van der Waals surface area contributed by atoms with Gasteiger partial charge < -0.3 is 13.9 Å². The molecule has 2 aromatic rings. The minimum atomic E-state index is -1.02. The predicted molar refractivity (Wildman–Crippen MR) is 89.0 cm³/mol. The van der Waals surface area contributed by atoms with Gasteiger partial charge in [0.15, 0.2) is 11.7 Å². The van der Waals surface area contributed by atoms with E-state index in [9.17, 15) is 14.4 Å². The quantitative estimate of drug-likeness (QED) is 0.416. The third-order valence-electron chi connectivity index (χ3n) is 3.54. The Balaban J connectivity index is 2.12. The summed E-state index contributed by atoms with van der Waals surface area (Å²) < 4.78 is 15.0. The normalized spacial score (nSPS) is 10.5. The molecule has 0 aliphatic heterocycles. The predicted octanol–water partition coefficient (Wildman–Crippen LogP) is 2.80. The summed E-state index contributed by atoms with van der Waals surface area (Å²) in [6.07, 6.45) is 1.58. The average molecular weight is 344 g/mol. The summed E-state index contributed by atoms with van der Waals surface area (Å²) in [5.74, 6) is -2.23. The van der Waals surface area contributed by atoms with Crippen molar-refractivity contribution in [2.24, 2.45) is 5.92 Å². The van der Waals surface area contributed by atoms with Crippen LogP contribution in [0, 0.1) is 5.92 Å². The maximum absolute atomic E-state index is 12.2. The van der Waals surface area contributed by atoms with Gasteiger partial charge in [-0.05, 0) is 38.0 Å². The molecule has 1 aromatic carbocycles. The van der Waals surface area contributed by atoms with Crippen LogP contribution >= 0.6 is 0 Å². The van der Waals surface area contributed by atoms with Crippen LogP contribution in [0.3, 0.4) is 0 Å². The number of carbonyl (C=O) groups excluding carboxylic acids is 3. The van der Waals surface area contributed by atoms with Gasteiger partial charge in [0.2, 0.25) is 5.78 Å². The second-order valence-corrected chi connectivity index (χ2v) is 5.26. The van der Waals surface area contributed by atoms with Crippen molar-refractivity contribution in [3.8, 4) is 0 Å². The van der Waals surface area contributed by atoms with Crippen molar-refractivity contribution in [3.05, 3.63) is 59.5 Å². The second-order valence-electron chi connectivity index (χ2n) is 5.26. The Bertz CT molecular complexity index is 697. The van der Waals surface area contributed by atoms with Gasteiger partial charge in [0.1, 0.15) is 0 Å². The molecule has 1 aromatic heterocycles. The van der Waals surface area contributed by atoms with E-state index in [0.717, 1.165) is 5.56 Å². The average Bonchev–Trinajstić information content (AvgIpc) is 3.14. The first-order valence-corrected chi connectivity index (χ1v) is 8.07. The number of carbonyl (C=O) groups is 3. The maximum atomic E-state index is 12.2. The monoisotopic (exact) mass is 344 g/mol. The zero-order valence-electron chi connectivity index (χ0n) is 14.2. The van der Waals surface area contributed by atoms with Crippen molar-refractivity contribution in [2.45, 2.75) is 20.3 Å². The molecule has 0 atom stereocenters. The fraction of sp³-hybridized carbons (Fsp3) is 0.316. The van der Waals surface area contributed by atoms with Crippen LogP contribution < -0.4 is 0 Å². The van der Waals surface area contributed by atoms with Gasteiger partial charge in [-0.1, -0.05) is 24.3 Å². The van der Waals surface area contributed by atoms with Crippen molar-refractivity contribution in [2.75, 3.05) is 13.2 Å². The molecule has 0 aliphatic rings. The van der Waals surface area contributed by atoms with Gasteiger partial charge in [-0.3, -0.25) is 14.4 Å². The van der Waals surface area contributed by atoms with Crippen LogP contribution in [-0.4, -0.2) is 30.9 Å². The van der Waals surface area contributed by atoms with Gasteiger partial charge >= 0.3 is 11.9 Å². The Morgan fingerprint density at radius 3 is 2.04 bits per heavy atom. The molecular weight excluding hydrogens is 324 g/mol. The van der Waals surface area contributed by atoms with Crippen LogP contribution in [0.5, 0.6) is 0 Å². The summed E-state index contributed by atoms with van der Waals surface area (Å²) in [4.78, 5) is 36.2. The maximum Gasteiger partial charge on any atom is 0.320 e. The highest BCUT2D eigenvalue weighted by Gasteiger charge is 2.29. The molecule has 0 amide bonds. The molecule has 6 heteroatoms. The molecular formula is C19H20O6. The van der Waals surface area contributed by atoms with E-state index in [2.05, 4.69) is 0 Å². The third kappa shape index (κ3) is 4.79. The van der Waals surface area contributed by atoms with E-state index >= 15 is 0 Å². The third-order valence-corrected chi connectivity index (χ3v) is 3.54. The standard InChI is InChI=1S/C19H20O6/c1-3-23-18(21)15(19(22)24-4-2)12-13-7-9-14(10-8-13)17(20)16-6-5-11-25-16/h5-11,15H,3-4,12H2,1-2H3.